The monoisotopic (exact) mass is 375 g/mol. The van der Waals surface area contributed by atoms with E-state index >= 15 is 0 Å². The van der Waals surface area contributed by atoms with E-state index in [4.69, 9.17) is 0 Å². The summed E-state index contributed by atoms with van der Waals surface area (Å²) in [6.45, 7) is 2.29. The van der Waals surface area contributed by atoms with Gasteiger partial charge in [-0.3, -0.25) is 9.59 Å². The van der Waals surface area contributed by atoms with Gasteiger partial charge in [-0.2, -0.15) is 4.52 Å². The maximum absolute atomic E-state index is 12.6. The molecule has 1 saturated heterocycles. The quantitative estimate of drug-likeness (QED) is 0.756. The number of fused-ring (bicyclic) bond motifs is 1. The van der Waals surface area contributed by atoms with Gasteiger partial charge in [0.05, 0.1) is 6.54 Å². The lowest BCUT2D eigenvalue weighted by molar-refractivity contribution is 0.0949. The molecule has 1 amide bonds. The lowest BCUT2D eigenvalue weighted by atomic mass is 10.1. The molecule has 9 heteroatoms. The van der Waals surface area contributed by atoms with Crippen LogP contribution in [0.2, 0.25) is 0 Å². The first-order valence-corrected chi connectivity index (χ1v) is 9.86. The SMILES string of the molecule is O=C(NCc1cccs1)c1cnc2sc(N3CCCCC3)nn2c1=O. The zero-order chi connectivity index (χ0) is 17.2. The summed E-state index contributed by atoms with van der Waals surface area (Å²) < 4.78 is 1.24. The van der Waals surface area contributed by atoms with Crippen LogP contribution in [0.25, 0.3) is 4.96 Å². The van der Waals surface area contributed by atoms with Gasteiger partial charge in [-0.1, -0.05) is 17.4 Å². The third kappa shape index (κ3) is 3.29. The van der Waals surface area contributed by atoms with E-state index in [0.717, 1.165) is 35.9 Å². The lowest BCUT2D eigenvalue weighted by Crippen LogP contribution is -2.32. The standard InChI is InChI=1S/C16H17N5O2S2/c22-13(17-9-11-5-4-8-24-11)12-10-18-15-21(14(12)23)19-16(25-15)20-6-2-1-3-7-20/h4-5,8,10H,1-3,6-7,9H2,(H,17,22). The smallest absolute Gasteiger partial charge is 0.288 e. The van der Waals surface area contributed by atoms with E-state index in [1.165, 1.54) is 28.5 Å². The molecule has 0 radical (unpaired) electrons. The third-order valence-electron chi connectivity index (χ3n) is 4.15. The van der Waals surface area contributed by atoms with Gasteiger partial charge in [0.2, 0.25) is 10.1 Å². The molecule has 7 nitrogen and oxygen atoms in total. The Labute approximate surface area is 151 Å². The molecule has 0 atom stereocenters. The Kier molecular flexibility index (Phi) is 4.50. The molecule has 0 aliphatic carbocycles. The highest BCUT2D eigenvalue weighted by molar-refractivity contribution is 7.20. The minimum atomic E-state index is -0.423. The lowest BCUT2D eigenvalue weighted by Gasteiger charge is -2.25. The van der Waals surface area contributed by atoms with Crippen LogP contribution in [0.5, 0.6) is 0 Å². The molecule has 130 valence electrons. The first-order chi connectivity index (χ1) is 12.2. The Hall–Kier alpha value is -2.26. The van der Waals surface area contributed by atoms with Gasteiger partial charge < -0.3 is 10.2 Å². The van der Waals surface area contributed by atoms with E-state index in [0.29, 0.717) is 11.5 Å². The normalized spacial score (nSPS) is 14.8. The van der Waals surface area contributed by atoms with Gasteiger partial charge in [0, 0.05) is 24.2 Å². The molecule has 25 heavy (non-hydrogen) atoms. The van der Waals surface area contributed by atoms with Crippen molar-refractivity contribution in [1.82, 2.24) is 19.9 Å². The zero-order valence-electron chi connectivity index (χ0n) is 13.5. The first-order valence-electron chi connectivity index (χ1n) is 8.17. The molecule has 1 aliphatic rings. The summed E-state index contributed by atoms with van der Waals surface area (Å²) in [5, 5.41) is 9.90. The highest BCUT2D eigenvalue weighted by atomic mass is 32.1. The van der Waals surface area contributed by atoms with Crippen molar-refractivity contribution in [2.45, 2.75) is 25.8 Å². The number of thiophene rings is 1. The molecule has 0 saturated carbocycles. The van der Waals surface area contributed by atoms with Crippen LogP contribution in [0.4, 0.5) is 5.13 Å². The molecule has 4 rings (SSSR count). The average Bonchev–Trinajstić information content (AvgIpc) is 3.31. The van der Waals surface area contributed by atoms with Crippen LogP contribution in [-0.4, -0.2) is 33.6 Å². The molecule has 3 aromatic heterocycles. The number of nitrogens with zero attached hydrogens (tertiary/aromatic N) is 4. The van der Waals surface area contributed by atoms with Crippen molar-refractivity contribution in [3.8, 4) is 0 Å². The van der Waals surface area contributed by atoms with Crippen LogP contribution in [-0.2, 0) is 6.54 Å². The predicted molar refractivity (Wildman–Crippen MR) is 98.7 cm³/mol. The van der Waals surface area contributed by atoms with E-state index in [9.17, 15) is 9.59 Å². The summed E-state index contributed by atoms with van der Waals surface area (Å²) in [5.74, 6) is -0.423. The highest BCUT2D eigenvalue weighted by Gasteiger charge is 2.19. The molecule has 0 spiro atoms. The van der Waals surface area contributed by atoms with E-state index in [1.54, 1.807) is 11.3 Å². The molecule has 3 aromatic rings. The van der Waals surface area contributed by atoms with E-state index in [-0.39, 0.29) is 5.56 Å². The number of carbonyl (C=O) groups is 1. The maximum Gasteiger partial charge on any atom is 0.288 e. The van der Waals surface area contributed by atoms with Crippen molar-refractivity contribution in [3.05, 3.63) is 44.5 Å². The third-order valence-corrected chi connectivity index (χ3v) is 6.01. The van der Waals surface area contributed by atoms with Crippen LogP contribution >= 0.6 is 22.7 Å². The Balaban J connectivity index is 1.58. The molecular weight excluding hydrogens is 358 g/mol. The fraction of sp³-hybridized carbons (Fsp3) is 0.375. The molecule has 1 aliphatic heterocycles. The number of hydrogen-bond donors (Lipinski definition) is 1. The van der Waals surface area contributed by atoms with Gasteiger partial charge >= 0.3 is 0 Å². The minimum Gasteiger partial charge on any atom is -0.347 e. The second-order valence-corrected chi connectivity index (χ2v) is 7.83. The van der Waals surface area contributed by atoms with Crippen LogP contribution in [0.1, 0.15) is 34.5 Å². The zero-order valence-corrected chi connectivity index (χ0v) is 15.1. The Morgan fingerprint density at radius 3 is 2.88 bits per heavy atom. The summed E-state index contributed by atoms with van der Waals surface area (Å²) in [7, 11) is 0. The number of carbonyl (C=O) groups excluding carboxylic acids is 1. The second kappa shape index (κ2) is 6.93. The molecular formula is C16H17N5O2S2. The van der Waals surface area contributed by atoms with Gasteiger partial charge in [0.15, 0.2) is 0 Å². The predicted octanol–water partition coefficient (Wildman–Crippen LogP) is 2.13. The number of piperidine rings is 1. The Bertz CT molecular complexity index is 941. The Morgan fingerprint density at radius 1 is 1.28 bits per heavy atom. The van der Waals surface area contributed by atoms with Crippen molar-refractivity contribution in [2.75, 3.05) is 18.0 Å². The van der Waals surface area contributed by atoms with Crippen LogP contribution in [0.3, 0.4) is 0 Å². The van der Waals surface area contributed by atoms with Crippen molar-refractivity contribution in [2.24, 2.45) is 0 Å². The van der Waals surface area contributed by atoms with Crippen LogP contribution in [0, 0.1) is 0 Å². The number of rotatable bonds is 4. The molecule has 4 heterocycles. The van der Waals surface area contributed by atoms with Crippen molar-refractivity contribution < 1.29 is 4.79 Å². The van der Waals surface area contributed by atoms with Crippen LogP contribution in [0.15, 0.2) is 28.5 Å². The van der Waals surface area contributed by atoms with Gasteiger partial charge in [-0.25, -0.2) is 4.98 Å². The maximum atomic E-state index is 12.6. The number of anilines is 1. The van der Waals surface area contributed by atoms with Gasteiger partial charge in [-0.15, -0.1) is 16.4 Å². The number of aromatic nitrogens is 3. The number of hydrogen-bond acceptors (Lipinski definition) is 7. The molecule has 0 unspecified atom stereocenters. The average molecular weight is 375 g/mol. The van der Waals surface area contributed by atoms with Crippen molar-refractivity contribution >= 4 is 38.7 Å². The summed E-state index contributed by atoms with van der Waals surface area (Å²) in [5.41, 5.74) is -0.405. The van der Waals surface area contributed by atoms with Gasteiger partial charge in [0.1, 0.15) is 5.56 Å². The van der Waals surface area contributed by atoms with Gasteiger partial charge in [0.25, 0.3) is 11.5 Å². The molecule has 0 bridgehead atoms. The topological polar surface area (TPSA) is 79.6 Å². The van der Waals surface area contributed by atoms with E-state index in [2.05, 4.69) is 20.3 Å². The molecule has 1 N–H and O–H groups in total. The summed E-state index contributed by atoms with van der Waals surface area (Å²) >= 11 is 2.94. The van der Waals surface area contributed by atoms with E-state index < -0.39 is 11.5 Å². The largest absolute Gasteiger partial charge is 0.347 e. The molecule has 0 aromatic carbocycles. The summed E-state index contributed by atoms with van der Waals surface area (Å²) in [4.78, 5) is 32.9. The second-order valence-electron chi connectivity index (χ2n) is 5.87. The van der Waals surface area contributed by atoms with Crippen molar-refractivity contribution in [1.29, 1.82) is 0 Å². The highest BCUT2D eigenvalue weighted by Crippen LogP contribution is 2.24. The number of amides is 1. The first kappa shape index (κ1) is 16.2. The van der Waals surface area contributed by atoms with Crippen LogP contribution < -0.4 is 15.8 Å². The molecule has 1 fully saturated rings. The minimum absolute atomic E-state index is 0.0181. The fourth-order valence-electron chi connectivity index (χ4n) is 2.82. The van der Waals surface area contributed by atoms with Gasteiger partial charge in [-0.05, 0) is 30.7 Å². The summed E-state index contributed by atoms with van der Waals surface area (Å²) in [6, 6.07) is 3.86. The fourth-order valence-corrected chi connectivity index (χ4v) is 4.38. The Morgan fingerprint density at radius 2 is 2.12 bits per heavy atom. The number of nitrogens with one attached hydrogen (secondary N) is 1. The van der Waals surface area contributed by atoms with E-state index in [1.807, 2.05) is 17.5 Å². The summed E-state index contributed by atoms with van der Waals surface area (Å²) in [6.07, 6.45) is 4.84. The van der Waals surface area contributed by atoms with Crippen molar-refractivity contribution in [3.63, 3.8) is 0 Å².